The summed E-state index contributed by atoms with van der Waals surface area (Å²) in [6, 6.07) is 3.22. The van der Waals surface area contributed by atoms with Crippen LogP contribution >= 0.6 is 0 Å². The van der Waals surface area contributed by atoms with Gasteiger partial charge in [-0.2, -0.15) is 0 Å². The molecule has 1 aliphatic heterocycles. The molecule has 1 aromatic carbocycles. The van der Waals surface area contributed by atoms with Gasteiger partial charge in [0, 0.05) is 11.5 Å². The van der Waals surface area contributed by atoms with Gasteiger partial charge in [-0.3, -0.25) is 0 Å². The lowest BCUT2D eigenvalue weighted by Crippen LogP contribution is -2.09. The summed E-state index contributed by atoms with van der Waals surface area (Å²) < 4.78 is 18.9. The molecule has 1 nitrogen and oxygen atoms in total. The Morgan fingerprint density at radius 3 is 2.79 bits per heavy atom. The van der Waals surface area contributed by atoms with Gasteiger partial charge in [-0.15, -0.1) is 0 Å². The third-order valence-electron chi connectivity index (χ3n) is 3.00. The van der Waals surface area contributed by atoms with Gasteiger partial charge in [0.15, 0.2) is 0 Å². The summed E-state index contributed by atoms with van der Waals surface area (Å²) in [6.45, 7) is 6.82. The van der Waals surface area contributed by atoms with Crippen LogP contribution in [0, 0.1) is 18.7 Å². The van der Waals surface area contributed by atoms with E-state index in [2.05, 4.69) is 13.8 Å². The number of halogens is 1. The fraction of sp³-hybridized carbons (Fsp3) is 0.500. The molecule has 1 aromatic rings. The summed E-state index contributed by atoms with van der Waals surface area (Å²) in [5, 5.41) is 0. The monoisotopic (exact) mass is 194 g/mol. The van der Waals surface area contributed by atoms with Crippen LogP contribution in [-0.4, -0.2) is 6.61 Å². The van der Waals surface area contributed by atoms with Crippen molar-refractivity contribution in [1.29, 1.82) is 0 Å². The Labute approximate surface area is 83.9 Å². The van der Waals surface area contributed by atoms with Crippen molar-refractivity contribution in [2.45, 2.75) is 26.7 Å². The lowest BCUT2D eigenvalue weighted by atomic mass is 9.87. The Morgan fingerprint density at radius 2 is 2.14 bits per heavy atom. The molecular weight excluding hydrogens is 179 g/mol. The molecule has 1 heterocycles. The highest BCUT2D eigenvalue weighted by Crippen LogP contribution is 2.40. The average Bonchev–Trinajstić information content (AvgIpc) is 2.55. The number of ether oxygens (including phenoxy) is 1. The largest absolute Gasteiger partial charge is 0.493 e. The maximum Gasteiger partial charge on any atom is 0.126 e. The van der Waals surface area contributed by atoms with E-state index in [-0.39, 0.29) is 5.82 Å². The van der Waals surface area contributed by atoms with E-state index in [1.54, 1.807) is 6.07 Å². The summed E-state index contributed by atoms with van der Waals surface area (Å²) in [5.41, 5.74) is 1.82. The van der Waals surface area contributed by atoms with Gasteiger partial charge in [-0.05, 0) is 30.5 Å². The lowest BCUT2D eigenvalue weighted by Gasteiger charge is -2.14. The Balaban J connectivity index is 2.52. The molecule has 0 N–H and O–H groups in total. The first-order valence-electron chi connectivity index (χ1n) is 5.03. The van der Waals surface area contributed by atoms with Gasteiger partial charge in [-0.25, -0.2) is 4.39 Å². The first-order chi connectivity index (χ1) is 6.61. The first kappa shape index (κ1) is 9.50. The normalized spacial score (nSPS) is 19.6. The number of hydrogen-bond acceptors (Lipinski definition) is 1. The SMILES string of the molecule is Cc1c(F)ccc2c1C(C(C)C)CO2. The van der Waals surface area contributed by atoms with Crippen LogP contribution in [0.2, 0.25) is 0 Å². The van der Waals surface area contributed by atoms with Crippen LogP contribution in [0.5, 0.6) is 5.75 Å². The summed E-state index contributed by atoms with van der Waals surface area (Å²) in [4.78, 5) is 0. The van der Waals surface area contributed by atoms with Crippen LogP contribution in [0.25, 0.3) is 0 Å². The Bertz CT molecular complexity index is 358. The van der Waals surface area contributed by atoms with Gasteiger partial charge in [0.1, 0.15) is 11.6 Å². The smallest absolute Gasteiger partial charge is 0.126 e. The minimum Gasteiger partial charge on any atom is -0.493 e. The molecule has 0 radical (unpaired) electrons. The van der Waals surface area contributed by atoms with Gasteiger partial charge < -0.3 is 4.74 Å². The zero-order valence-electron chi connectivity index (χ0n) is 8.80. The van der Waals surface area contributed by atoms with E-state index in [1.165, 1.54) is 6.07 Å². The van der Waals surface area contributed by atoms with Crippen LogP contribution in [-0.2, 0) is 0 Å². The fourth-order valence-corrected chi connectivity index (χ4v) is 2.05. The zero-order valence-corrected chi connectivity index (χ0v) is 8.80. The van der Waals surface area contributed by atoms with Crippen LogP contribution in [0.3, 0.4) is 0 Å². The van der Waals surface area contributed by atoms with Crippen molar-refractivity contribution >= 4 is 0 Å². The van der Waals surface area contributed by atoms with Gasteiger partial charge in [0.05, 0.1) is 6.61 Å². The van der Waals surface area contributed by atoms with Crippen molar-refractivity contribution in [3.05, 3.63) is 29.1 Å². The van der Waals surface area contributed by atoms with Crippen molar-refractivity contribution in [3.8, 4) is 5.75 Å². The van der Waals surface area contributed by atoms with Gasteiger partial charge >= 0.3 is 0 Å². The molecule has 2 rings (SSSR count). The van der Waals surface area contributed by atoms with Crippen LogP contribution in [0.4, 0.5) is 4.39 Å². The molecule has 76 valence electrons. The number of rotatable bonds is 1. The molecule has 0 bridgehead atoms. The predicted molar refractivity (Wildman–Crippen MR) is 54.2 cm³/mol. The molecule has 0 saturated carbocycles. The summed E-state index contributed by atoms with van der Waals surface area (Å²) in [7, 11) is 0. The van der Waals surface area contributed by atoms with Gasteiger partial charge in [-0.1, -0.05) is 13.8 Å². The van der Waals surface area contributed by atoms with Crippen molar-refractivity contribution in [2.24, 2.45) is 5.92 Å². The van der Waals surface area contributed by atoms with Crippen LogP contribution in [0.15, 0.2) is 12.1 Å². The Kier molecular flexibility index (Phi) is 2.22. The molecule has 0 aliphatic carbocycles. The van der Waals surface area contributed by atoms with Gasteiger partial charge in [0.25, 0.3) is 0 Å². The molecule has 1 atom stereocenters. The number of hydrogen-bond donors (Lipinski definition) is 0. The van der Waals surface area contributed by atoms with Crippen molar-refractivity contribution < 1.29 is 9.13 Å². The third kappa shape index (κ3) is 1.29. The molecule has 0 aromatic heterocycles. The Morgan fingerprint density at radius 1 is 1.43 bits per heavy atom. The molecular formula is C12H15FO. The maximum absolute atomic E-state index is 13.4. The van der Waals surface area contributed by atoms with Crippen LogP contribution in [0.1, 0.15) is 30.9 Å². The highest BCUT2D eigenvalue weighted by Gasteiger charge is 2.29. The highest BCUT2D eigenvalue weighted by atomic mass is 19.1. The standard InChI is InChI=1S/C12H15FO/c1-7(2)9-6-14-11-5-4-10(13)8(3)12(9)11/h4-5,7,9H,6H2,1-3H3. The van der Waals surface area contributed by atoms with E-state index >= 15 is 0 Å². The molecule has 14 heavy (non-hydrogen) atoms. The van der Waals surface area contributed by atoms with Crippen molar-refractivity contribution in [3.63, 3.8) is 0 Å². The average molecular weight is 194 g/mol. The maximum atomic E-state index is 13.4. The second-order valence-electron chi connectivity index (χ2n) is 4.25. The van der Waals surface area contributed by atoms with Gasteiger partial charge in [0.2, 0.25) is 0 Å². The molecule has 0 fully saturated rings. The number of benzene rings is 1. The minimum absolute atomic E-state index is 0.125. The minimum atomic E-state index is -0.125. The van der Waals surface area contributed by atoms with E-state index < -0.39 is 0 Å². The number of fused-ring (bicyclic) bond motifs is 1. The summed E-state index contributed by atoms with van der Waals surface area (Å²) >= 11 is 0. The van der Waals surface area contributed by atoms with E-state index in [0.29, 0.717) is 18.4 Å². The quantitative estimate of drug-likeness (QED) is 0.666. The molecule has 0 amide bonds. The highest BCUT2D eigenvalue weighted by molar-refractivity contribution is 5.46. The zero-order chi connectivity index (χ0) is 10.3. The molecule has 0 saturated heterocycles. The predicted octanol–water partition coefficient (Wildman–Crippen LogP) is 3.27. The second kappa shape index (κ2) is 3.26. The van der Waals surface area contributed by atoms with E-state index in [1.807, 2.05) is 6.92 Å². The molecule has 0 spiro atoms. The summed E-state index contributed by atoms with van der Waals surface area (Å²) in [5.74, 6) is 1.58. The van der Waals surface area contributed by atoms with E-state index in [9.17, 15) is 4.39 Å². The van der Waals surface area contributed by atoms with E-state index in [4.69, 9.17) is 4.74 Å². The van der Waals surface area contributed by atoms with Crippen LogP contribution < -0.4 is 4.74 Å². The molecule has 1 unspecified atom stereocenters. The van der Waals surface area contributed by atoms with E-state index in [0.717, 1.165) is 16.9 Å². The summed E-state index contributed by atoms with van der Waals surface area (Å²) in [6.07, 6.45) is 0. The topological polar surface area (TPSA) is 9.23 Å². The lowest BCUT2D eigenvalue weighted by molar-refractivity contribution is 0.304. The Hall–Kier alpha value is -1.05. The molecule has 1 aliphatic rings. The second-order valence-corrected chi connectivity index (χ2v) is 4.25. The third-order valence-corrected chi connectivity index (χ3v) is 3.00. The first-order valence-corrected chi connectivity index (χ1v) is 5.03. The molecule has 2 heteroatoms. The van der Waals surface area contributed by atoms with Crippen molar-refractivity contribution in [2.75, 3.05) is 6.61 Å². The fourth-order valence-electron chi connectivity index (χ4n) is 2.05. The van der Waals surface area contributed by atoms with Crippen molar-refractivity contribution in [1.82, 2.24) is 0 Å².